The third kappa shape index (κ3) is 2.97. The van der Waals surface area contributed by atoms with Crippen molar-refractivity contribution in [1.82, 2.24) is 14.3 Å². The number of hydrogen-bond acceptors (Lipinski definition) is 3. The second-order valence-electron chi connectivity index (χ2n) is 4.86. The van der Waals surface area contributed by atoms with Crippen LogP contribution >= 0.6 is 11.6 Å². The highest BCUT2D eigenvalue weighted by Crippen LogP contribution is 2.23. The number of carbonyl (C=O) groups is 1. The van der Waals surface area contributed by atoms with Crippen LogP contribution in [0.3, 0.4) is 0 Å². The first kappa shape index (κ1) is 15.6. The third-order valence-electron chi connectivity index (χ3n) is 3.41. The fourth-order valence-corrected chi connectivity index (χ4v) is 2.57. The van der Waals surface area contributed by atoms with Crippen molar-refractivity contribution >= 4 is 17.6 Å². The molecule has 0 aromatic carbocycles. The van der Waals surface area contributed by atoms with Gasteiger partial charge in [0.25, 0.3) is 0 Å². The molecular formula is C15H20ClN3O2. The summed E-state index contributed by atoms with van der Waals surface area (Å²) in [7, 11) is 0. The van der Waals surface area contributed by atoms with Crippen LogP contribution in [0.25, 0.3) is 0 Å². The van der Waals surface area contributed by atoms with Gasteiger partial charge in [-0.15, -0.1) is 0 Å². The van der Waals surface area contributed by atoms with Gasteiger partial charge in [0.2, 0.25) is 0 Å². The van der Waals surface area contributed by atoms with Crippen LogP contribution < -0.4 is 0 Å². The summed E-state index contributed by atoms with van der Waals surface area (Å²) in [6.07, 6.45) is 1.88. The number of aryl methyl sites for hydroxylation is 3. The fourth-order valence-electron chi connectivity index (χ4n) is 2.37. The van der Waals surface area contributed by atoms with Gasteiger partial charge in [0, 0.05) is 12.7 Å². The molecule has 0 bridgehead atoms. The number of ether oxygens (including phenoxy) is 1. The van der Waals surface area contributed by atoms with Crippen molar-refractivity contribution in [2.24, 2.45) is 0 Å². The maximum absolute atomic E-state index is 12.1. The van der Waals surface area contributed by atoms with Crippen molar-refractivity contribution in [3.8, 4) is 0 Å². The summed E-state index contributed by atoms with van der Waals surface area (Å²) in [5.41, 5.74) is 3.16. The van der Waals surface area contributed by atoms with Crippen LogP contribution in [0.2, 0.25) is 5.02 Å². The van der Waals surface area contributed by atoms with Crippen LogP contribution in [0.15, 0.2) is 12.3 Å². The Balaban J connectivity index is 2.39. The average Bonchev–Trinajstić information content (AvgIpc) is 2.94. The molecule has 0 aliphatic heterocycles. The van der Waals surface area contributed by atoms with Gasteiger partial charge in [-0.2, -0.15) is 5.10 Å². The van der Waals surface area contributed by atoms with Gasteiger partial charge >= 0.3 is 5.97 Å². The highest BCUT2D eigenvalue weighted by Gasteiger charge is 2.19. The molecule has 0 unspecified atom stereocenters. The molecule has 21 heavy (non-hydrogen) atoms. The first-order valence-corrected chi connectivity index (χ1v) is 7.42. The van der Waals surface area contributed by atoms with E-state index in [-0.39, 0.29) is 5.97 Å². The minimum Gasteiger partial charge on any atom is -0.461 e. The van der Waals surface area contributed by atoms with Gasteiger partial charge in [-0.05, 0) is 39.3 Å². The van der Waals surface area contributed by atoms with Crippen LogP contribution in [0.5, 0.6) is 0 Å². The molecule has 5 nitrogen and oxygen atoms in total. The van der Waals surface area contributed by atoms with Gasteiger partial charge in [0.15, 0.2) is 0 Å². The Morgan fingerprint density at radius 1 is 1.38 bits per heavy atom. The van der Waals surface area contributed by atoms with Crippen LogP contribution in [-0.4, -0.2) is 26.9 Å². The maximum atomic E-state index is 12.1. The van der Waals surface area contributed by atoms with Crippen LogP contribution in [-0.2, 0) is 17.8 Å². The lowest BCUT2D eigenvalue weighted by molar-refractivity contribution is 0.0513. The molecule has 2 rings (SSSR count). The Bertz CT molecular complexity index is 658. The maximum Gasteiger partial charge on any atom is 0.355 e. The molecular weight excluding hydrogens is 290 g/mol. The van der Waals surface area contributed by atoms with Crippen LogP contribution in [0.1, 0.15) is 41.3 Å². The van der Waals surface area contributed by atoms with Crippen molar-refractivity contribution in [3.05, 3.63) is 39.9 Å². The van der Waals surface area contributed by atoms with E-state index in [2.05, 4.69) is 5.10 Å². The minimum absolute atomic E-state index is 0.310. The van der Waals surface area contributed by atoms with E-state index in [1.54, 1.807) is 6.92 Å². The van der Waals surface area contributed by atoms with Gasteiger partial charge in [0.05, 0.1) is 29.6 Å². The van der Waals surface area contributed by atoms with Crippen molar-refractivity contribution in [1.29, 1.82) is 0 Å². The van der Waals surface area contributed by atoms with Crippen molar-refractivity contribution in [3.63, 3.8) is 0 Å². The number of nitrogens with zero attached hydrogens (tertiary/aromatic N) is 3. The highest BCUT2D eigenvalue weighted by atomic mass is 35.5. The first-order chi connectivity index (χ1) is 9.99. The van der Waals surface area contributed by atoms with E-state index in [0.717, 1.165) is 23.5 Å². The summed E-state index contributed by atoms with van der Waals surface area (Å²) in [5.74, 6) is -0.310. The van der Waals surface area contributed by atoms with E-state index in [0.29, 0.717) is 23.9 Å². The third-order valence-corrected chi connectivity index (χ3v) is 3.90. The summed E-state index contributed by atoms with van der Waals surface area (Å²) in [5, 5.41) is 5.05. The zero-order valence-corrected chi connectivity index (χ0v) is 13.6. The topological polar surface area (TPSA) is 49.1 Å². The molecule has 0 atom stereocenters. The van der Waals surface area contributed by atoms with Crippen molar-refractivity contribution in [2.75, 3.05) is 6.61 Å². The lowest BCUT2D eigenvalue weighted by Crippen LogP contribution is -2.15. The standard InChI is InChI=1S/C15H20ClN3O2/c1-5-19-12(13(16)11(4)17-19)9-18-8-7-10(3)14(18)15(20)21-6-2/h7-8H,5-6,9H2,1-4H3. The van der Waals surface area contributed by atoms with E-state index in [9.17, 15) is 4.79 Å². The highest BCUT2D eigenvalue weighted by molar-refractivity contribution is 6.31. The molecule has 2 aromatic heterocycles. The molecule has 0 amide bonds. The van der Waals surface area contributed by atoms with Gasteiger partial charge in [-0.3, -0.25) is 4.68 Å². The number of aromatic nitrogens is 3. The summed E-state index contributed by atoms with van der Waals surface area (Å²) >= 11 is 6.33. The number of halogens is 1. The van der Waals surface area contributed by atoms with Gasteiger partial charge in [-0.1, -0.05) is 11.6 Å². The predicted molar refractivity (Wildman–Crippen MR) is 81.9 cm³/mol. The molecule has 114 valence electrons. The molecule has 0 radical (unpaired) electrons. The van der Waals surface area contributed by atoms with Gasteiger partial charge < -0.3 is 9.30 Å². The molecule has 0 fully saturated rings. The van der Waals surface area contributed by atoms with E-state index >= 15 is 0 Å². The van der Waals surface area contributed by atoms with E-state index in [1.165, 1.54) is 0 Å². The molecule has 2 aromatic rings. The van der Waals surface area contributed by atoms with Crippen LogP contribution in [0.4, 0.5) is 0 Å². The van der Waals surface area contributed by atoms with E-state index in [1.807, 2.05) is 42.3 Å². The van der Waals surface area contributed by atoms with Crippen molar-refractivity contribution in [2.45, 2.75) is 40.8 Å². The fraction of sp³-hybridized carbons (Fsp3) is 0.467. The molecule has 0 aliphatic carbocycles. The van der Waals surface area contributed by atoms with E-state index in [4.69, 9.17) is 16.3 Å². The molecule has 0 spiro atoms. The minimum atomic E-state index is -0.310. The average molecular weight is 310 g/mol. The quantitative estimate of drug-likeness (QED) is 0.797. The predicted octanol–water partition coefficient (Wildman–Crippen LogP) is 3.20. The lowest BCUT2D eigenvalue weighted by Gasteiger charge is -2.11. The Morgan fingerprint density at radius 2 is 2.10 bits per heavy atom. The zero-order valence-electron chi connectivity index (χ0n) is 12.8. The van der Waals surface area contributed by atoms with E-state index < -0.39 is 0 Å². The Hall–Kier alpha value is -1.75. The Kier molecular flexibility index (Phi) is 4.73. The molecule has 0 aliphatic rings. The normalized spacial score (nSPS) is 10.9. The molecule has 0 saturated heterocycles. The largest absolute Gasteiger partial charge is 0.461 e. The zero-order chi connectivity index (χ0) is 15.6. The number of rotatable bonds is 5. The second-order valence-corrected chi connectivity index (χ2v) is 5.24. The molecule has 6 heteroatoms. The molecule has 2 heterocycles. The van der Waals surface area contributed by atoms with Crippen LogP contribution in [0, 0.1) is 13.8 Å². The first-order valence-electron chi connectivity index (χ1n) is 7.04. The van der Waals surface area contributed by atoms with Crippen molar-refractivity contribution < 1.29 is 9.53 Å². The van der Waals surface area contributed by atoms with Gasteiger partial charge in [-0.25, -0.2) is 4.79 Å². The second kappa shape index (κ2) is 6.35. The number of carbonyl (C=O) groups excluding carboxylic acids is 1. The monoisotopic (exact) mass is 309 g/mol. The van der Waals surface area contributed by atoms with Gasteiger partial charge in [0.1, 0.15) is 5.69 Å². The summed E-state index contributed by atoms with van der Waals surface area (Å²) in [6.45, 7) is 9.17. The Morgan fingerprint density at radius 3 is 2.71 bits per heavy atom. The number of hydrogen-bond donors (Lipinski definition) is 0. The summed E-state index contributed by atoms with van der Waals surface area (Å²) in [6, 6.07) is 1.90. The summed E-state index contributed by atoms with van der Waals surface area (Å²) < 4.78 is 8.85. The number of esters is 1. The molecule has 0 saturated carbocycles. The lowest BCUT2D eigenvalue weighted by atomic mass is 10.2. The summed E-state index contributed by atoms with van der Waals surface area (Å²) in [4.78, 5) is 12.1. The smallest absolute Gasteiger partial charge is 0.355 e. The Labute approximate surface area is 129 Å². The SMILES string of the molecule is CCOC(=O)c1c(C)ccn1Cc1c(Cl)c(C)nn1CC. The molecule has 0 N–H and O–H groups in total.